The first-order chi connectivity index (χ1) is 16.6. The molecule has 3 aromatic carbocycles. The normalized spacial score (nSPS) is 15.2. The number of aromatic nitrogens is 3. The van der Waals surface area contributed by atoms with Gasteiger partial charge in [-0.05, 0) is 47.5 Å². The lowest BCUT2D eigenvalue weighted by Crippen LogP contribution is -2.24. The first-order valence-corrected chi connectivity index (χ1v) is 11.7. The van der Waals surface area contributed by atoms with Crippen LogP contribution in [0.5, 0.6) is 5.75 Å². The van der Waals surface area contributed by atoms with E-state index >= 15 is 0 Å². The van der Waals surface area contributed by atoms with Gasteiger partial charge in [-0.3, -0.25) is 4.79 Å². The summed E-state index contributed by atoms with van der Waals surface area (Å²) in [5.41, 5.74) is 3.76. The molecule has 6 rings (SSSR count). The van der Waals surface area contributed by atoms with E-state index in [0.29, 0.717) is 29.7 Å². The van der Waals surface area contributed by atoms with E-state index in [0.717, 1.165) is 26.9 Å². The molecule has 0 unspecified atom stereocenters. The van der Waals surface area contributed by atoms with Crippen molar-refractivity contribution >= 4 is 33.3 Å². The van der Waals surface area contributed by atoms with Crippen molar-refractivity contribution in [1.29, 1.82) is 0 Å². The maximum absolute atomic E-state index is 13.1. The number of nitrogens with zero attached hydrogens (tertiary/aromatic N) is 3. The van der Waals surface area contributed by atoms with Gasteiger partial charge in [-0.15, -0.1) is 0 Å². The molecule has 1 aliphatic heterocycles. The van der Waals surface area contributed by atoms with Crippen molar-refractivity contribution in [1.82, 2.24) is 14.8 Å². The minimum atomic E-state index is -0.268. The summed E-state index contributed by atoms with van der Waals surface area (Å²) in [6.45, 7) is 0.352. The van der Waals surface area contributed by atoms with Gasteiger partial charge in [-0.2, -0.15) is 9.78 Å². The number of carbonyl (C=O) groups excluding carboxylic acids is 1. The maximum Gasteiger partial charge on any atom is 0.226 e. The fourth-order valence-electron chi connectivity index (χ4n) is 4.16. The molecule has 0 fully saturated rings. The number of halogens is 1. The SMILES string of the molecule is O=C1C[C@H](c2ccc(OCc3ccc(F)cc3)cc2)c2cnn(-c3nc4ccccc4s3)c2N1. The van der Waals surface area contributed by atoms with Gasteiger partial charge < -0.3 is 10.1 Å². The van der Waals surface area contributed by atoms with Crippen molar-refractivity contribution in [3.8, 4) is 10.9 Å². The number of hydrogen-bond acceptors (Lipinski definition) is 5. The molecule has 0 bridgehead atoms. The number of thiazole rings is 1. The van der Waals surface area contributed by atoms with Crippen LogP contribution in [0.4, 0.5) is 10.2 Å². The van der Waals surface area contributed by atoms with Crippen LogP contribution in [0.1, 0.15) is 29.0 Å². The van der Waals surface area contributed by atoms with Gasteiger partial charge in [0, 0.05) is 17.9 Å². The van der Waals surface area contributed by atoms with E-state index in [1.165, 1.54) is 23.5 Å². The van der Waals surface area contributed by atoms with Gasteiger partial charge in [0.1, 0.15) is 24.0 Å². The molecule has 0 radical (unpaired) electrons. The molecule has 6 nitrogen and oxygen atoms in total. The predicted octanol–water partition coefficient (Wildman–Crippen LogP) is 5.67. The molecule has 1 atom stereocenters. The Bertz CT molecular complexity index is 1460. The zero-order valence-electron chi connectivity index (χ0n) is 17.9. The third-order valence-corrected chi connectivity index (χ3v) is 6.90. The van der Waals surface area contributed by atoms with E-state index < -0.39 is 0 Å². The summed E-state index contributed by atoms with van der Waals surface area (Å²) in [7, 11) is 0. The zero-order valence-corrected chi connectivity index (χ0v) is 18.8. The predicted molar refractivity (Wildman–Crippen MR) is 129 cm³/mol. The van der Waals surface area contributed by atoms with Crippen molar-refractivity contribution in [3.63, 3.8) is 0 Å². The van der Waals surface area contributed by atoms with Crippen molar-refractivity contribution < 1.29 is 13.9 Å². The Kier molecular flexibility index (Phi) is 5.07. The Morgan fingerprint density at radius 3 is 2.65 bits per heavy atom. The minimum absolute atomic E-state index is 0.0583. The van der Waals surface area contributed by atoms with Gasteiger partial charge in [0.15, 0.2) is 0 Å². The second-order valence-electron chi connectivity index (χ2n) is 8.11. The lowest BCUT2D eigenvalue weighted by molar-refractivity contribution is -0.116. The molecule has 168 valence electrons. The second-order valence-corrected chi connectivity index (χ2v) is 9.12. The van der Waals surface area contributed by atoms with Crippen LogP contribution in [-0.2, 0) is 11.4 Å². The van der Waals surface area contributed by atoms with Gasteiger partial charge in [-0.25, -0.2) is 9.37 Å². The summed E-state index contributed by atoms with van der Waals surface area (Å²) in [5, 5.41) is 8.26. The van der Waals surface area contributed by atoms with Crippen LogP contribution in [0.15, 0.2) is 79.0 Å². The highest BCUT2D eigenvalue weighted by Gasteiger charge is 2.31. The number of nitrogens with one attached hydrogen (secondary N) is 1. The van der Waals surface area contributed by atoms with E-state index in [1.54, 1.807) is 16.8 Å². The lowest BCUT2D eigenvalue weighted by atomic mass is 9.87. The second kappa shape index (κ2) is 8.39. The average Bonchev–Trinajstić information content (AvgIpc) is 3.47. The van der Waals surface area contributed by atoms with Crippen LogP contribution < -0.4 is 10.1 Å². The van der Waals surface area contributed by atoms with Crippen LogP contribution in [0.25, 0.3) is 15.3 Å². The fourth-order valence-corrected chi connectivity index (χ4v) is 5.09. The number of anilines is 1. The number of ether oxygens (including phenoxy) is 1. The van der Waals surface area contributed by atoms with Crippen molar-refractivity contribution in [3.05, 3.63) is 102 Å². The number of rotatable bonds is 5. The third kappa shape index (κ3) is 3.82. The first-order valence-electron chi connectivity index (χ1n) is 10.8. The van der Waals surface area contributed by atoms with E-state index in [-0.39, 0.29) is 17.6 Å². The van der Waals surface area contributed by atoms with Crippen LogP contribution in [0.2, 0.25) is 0 Å². The molecule has 8 heteroatoms. The van der Waals surface area contributed by atoms with E-state index in [2.05, 4.69) is 15.4 Å². The van der Waals surface area contributed by atoms with Gasteiger partial charge in [0.05, 0.1) is 16.4 Å². The Morgan fingerprint density at radius 1 is 1.06 bits per heavy atom. The zero-order chi connectivity index (χ0) is 23.1. The van der Waals surface area contributed by atoms with Crippen LogP contribution in [0, 0.1) is 5.82 Å². The van der Waals surface area contributed by atoms with E-state index in [4.69, 9.17) is 4.74 Å². The smallest absolute Gasteiger partial charge is 0.226 e. The monoisotopic (exact) mass is 470 g/mol. The van der Waals surface area contributed by atoms with Crippen LogP contribution in [-0.4, -0.2) is 20.7 Å². The van der Waals surface area contributed by atoms with Gasteiger partial charge in [0.2, 0.25) is 11.0 Å². The molecule has 5 aromatic rings. The van der Waals surface area contributed by atoms with Crippen LogP contribution >= 0.6 is 11.3 Å². The molecule has 3 heterocycles. The topological polar surface area (TPSA) is 69.0 Å². The van der Waals surface area contributed by atoms with Gasteiger partial charge in [-0.1, -0.05) is 47.7 Å². The molecule has 0 aliphatic carbocycles. The number of carbonyl (C=O) groups is 1. The van der Waals surface area contributed by atoms with Crippen molar-refractivity contribution in [2.75, 3.05) is 5.32 Å². The molecule has 34 heavy (non-hydrogen) atoms. The molecular weight excluding hydrogens is 451 g/mol. The number of fused-ring (bicyclic) bond motifs is 2. The maximum atomic E-state index is 13.1. The summed E-state index contributed by atoms with van der Waals surface area (Å²) >= 11 is 1.53. The fraction of sp³-hybridized carbons (Fsp3) is 0.115. The third-order valence-electron chi connectivity index (χ3n) is 5.89. The Labute approximate surface area is 198 Å². The summed E-state index contributed by atoms with van der Waals surface area (Å²) in [4.78, 5) is 17.3. The van der Waals surface area contributed by atoms with Gasteiger partial charge in [0.25, 0.3) is 0 Å². The van der Waals surface area contributed by atoms with Crippen molar-refractivity contribution in [2.24, 2.45) is 0 Å². The Balaban J connectivity index is 1.25. The summed E-state index contributed by atoms with van der Waals surface area (Å²) in [6.07, 6.45) is 2.15. The molecule has 0 saturated heterocycles. The summed E-state index contributed by atoms with van der Waals surface area (Å²) in [5.74, 6) is 0.932. The summed E-state index contributed by atoms with van der Waals surface area (Å²) < 4.78 is 21.7. The molecular formula is C26H19FN4O2S. The van der Waals surface area contributed by atoms with Crippen LogP contribution in [0.3, 0.4) is 0 Å². The largest absolute Gasteiger partial charge is 0.489 e. The first kappa shape index (κ1) is 20.6. The molecule has 1 N–H and O–H groups in total. The highest BCUT2D eigenvalue weighted by atomic mass is 32.1. The van der Waals surface area contributed by atoms with Crippen molar-refractivity contribution in [2.45, 2.75) is 18.9 Å². The Hall–Kier alpha value is -4.04. The molecule has 0 saturated carbocycles. The molecule has 1 amide bonds. The highest BCUT2D eigenvalue weighted by Crippen LogP contribution is 2.39. The molecule has 2 aromatic heterocycles. The quantitative estimate of drug-likeness (QED) is 0.359. The molecule has 1 aliphatic rings. The molecule has 0 spiro atoms. The summed E-state index contributed by atoms with van der Waals surface area (Å²) in [6, 6.07) is 21.9. The number of amides is 1. The van der Waals surface area contributed by atoms with E-state index in [1.807, 2.05) is 54.7 Å². The number of benzene rings is 3. The number of hydrogen-bond donors (Lipinski definition) is 1. The Morgan fingerprint density at radius 2 is 1.85 bits per heavy atom. The standard InChI is InChI=1S/C26H19FN4O2S/c27-18-9-5-16(6-10-18)15-33-19-11-7-17(8-12-19)20-13-24(32)30-25-21(20)14-28-31(25)26-29-22-3-1-2-4-23(22)34-26/h1-12,14,20H,13,15H2,(H,30,32)/t20-/m1/s1. The number of para-hydroxylation sites is 1. The minimum Gasteiger partial charge on any atom is -0.489 e. The average molecular weight is 471 g/mol. The van der Waals surface area contributed by atoms with E-state index in [9.17, 15) is 9.18 Å². The highest BCUT2D eigenvalue weighted by molar-refractivity contribution is 7.20. The lowest BCUT2D eigenvalue weighted by Gasteiger charge is -2.23. The van der Waals surface area contributed by atoms with Gasteiger partial charge >= 0.3 is 0 Å².